The summed E-state index contributed by atoms with van der Waals surface area (Å²) in [5.74, 6) is 0.926. The van der Waals surface area contributed by atoms with Gasteiger partial charge in [0.05, 0.1) is 7.11 Å². The Balaban J connectivity index is 1.89. The maximum Gasteiger partial charge on any atom is 0.123 e. The van der Waals surface area contributed by atoms with Crippen LogP contribution >= 0.6 is 11.3 Å². The van der Waals surface area contributed by atoms with Crippen LogP contribution in [0, 0.1) is 6.92 Å². The molecule has 0 bridgehead atoms. The lowest BCUT2D eigenvalue weighted by Gasteiger charge is -2.08. The summed E-state index contributed by atoms with van der Waals surface area (Å²) in [5.41, 5.74) is 1.17. The standard InChI is InChI=1S/C13H16N2OS/c1-10-7-15-13(17-10)9-14-8-11-5-3-4-6-12(11)16-2/h3-7,14H,8-9H2,1-2H3. The van der Waals surface area contributed by atoms with E-state index in [4.69, 9.17) is 4.74 Å². The Morgan fingerprint density at radius 3 is 2.82 bits per heavy atom. The average molecular weight is 248 g/mol. The third-order valence-electron chi connectivity index (χ3n) is 2.45. The van der Waals surface area contributed by atoms with Gasteiger partial charge in [-0.2, -0.15) is 0 Å². The molecule has 0 spiro atoms. The lowest BCUT2D eigenvalue weighted by Crippen LogP contribution is -2.13. The second kappa shape index (κ2) is 5.80. The van der Waals surface area contributed by atoms with E-state index in [0.717, 1.165) is 23.8 Å². The Kier molecular flexibility index (Phi) is 4.12. The summed E-state index contributed by atoms with van der Waals surface area (Å²) >= 11 is 1.73. The van der Waals surface area contributed by atoms with Crippen molar-refractivity contribution in [3.63, 3.8) is 0 Å². The van der Waals surface area contributed by atoms with Gasteiger partial charge in [0, 0.05) is 29.7 Å². The molecule has 1 aromatic heterocycles. The van der Waals surface area contributed by atoms with Crippen LogP contribution in [0.4, 0.5) is 0 Å². The summed E-state index contributed by atoms with van der Waals surface area (Å²) in [6, 6.07) is 8.04. The summed E-state index contributed by atoms with van der Waals surface area (Å²) in [7, 11) is 1.70. The van der Waals surface area contributed by atoms with Crippen molar-refractivity contribution in [2.45, 2.75) is 20.0 Å². The molecule has 0 atom stereocenters. The number of aromatic nitrogens is 1. The molecule has 0 saturated carbocycles. The quantitative estimate of drug-likeness (QED) is 0.883. The van der Waals surface area contributed by atoms with Gasteiger partial charge in [-0.3, -0.25) is 0 Å². The molecule has 0 aliphatic carbocycles. The molecule has 2 rings (SSSR count). The number of para-hydroxylation sites is 1. The van der Waals surface area contributed by atoms with E-state index in [9.17, 15) is 0 Å². The van der Waals surface area contributed by atoms with Crippen LogP contribution in [-0.4, -0.2) is 12.1 Å². The first-order chi connectivity index (χ1) is 8.29. The number of ether oxygens (including phenoxy) is 1. The van der Waals surface area contributed by atoms with Crippen molar-refractivity contribution in [2.75, 3.05) is 7.11 Å². The molecular formula is C13H16N2OS. The first-order valence-corrected chi connectivity index (χ1v) is 6.35. The van der Waals surface area contributed by atoms with E-state index in [0.29, 0.717) is 0 Å². The molecule has 0 amide bonds. The molecule has 0 saturated heterocycles. The van der Waals surface area contributed by atoms with Gasteiger partial charge in [-0.25, -0.2) is 4.98 Å². The topological polar surface area (TPSA) is 34.1 Å². The summed E-state index contributed by atoms with van der Waals surface area (Å²) in [6.45, 7) is 3.67. The van der Waals surface area contributed by atoms with Crippen molar-refractivity contribution in [3.05, 3.63) is 45.9 Å². The lowest BCUT2D eigenvalue weighted by atomic mass is 10.2. The summed E-state index contributed by atoms with van der Waals surface area (Å²) in [5, 5.41) is 4.50. The van der Waals surface area contributed by atoms with E-state index >= 15 is 0 Å². The van der Waals surface area contributed by atoms with E-state index < -0.39 is 0 Å². The highest BCUT2D eigenvalue weighted by Crippen LogP contribution is 2.17. The average Bonchev–Trinajstić information content (AvgIpc) is 2.76. The molecule has 4 heteroatoms. The third-order valence-corrected chi connectivity index (χ3v) is 3.37. The molecular weight excluding hydrogens is 232 g/mol. The highest BCUT2D eigenvalue weighted by atomic mass is 32.1. The van der Waals surface area contributed by atoms with Crippen molar-refractivity contribution in [2.24, 2.45) is 0 Å². The minimum absolute atomic E-state index is 0.794. The monoisotopic (exact) mass is 248 g/mol. The Bertz CT molecular complexity index is 482. The van der Waals surface area contributed by atoms with Crippen molar-refractivity contribution in [1.29, 1.82) is 0 Å². The van der Waals surface area contributed by atoms with Crippen molar-refractivity contribution >= 4 is 11.3 Å². The number of hydrogen-bond acceptors (Lipinski definition) is 4. The highest BCUT2D eigenvalue weighted by molar-refractivity contribution is 7.11. The zero-order chi connectivity index (χ0) is 12.1. The van der Waals surface area contributed by atoms with Crippen LogP contribution in [0.25, 0.3) is 0 Å². The molecule has 2 aromatic rings. The molecule has 1 N–H and O–H groups in total. The Hall–Kier alpha value is -1.39. The normalized spacial score (nSPS) is 10.5. The number of hydrogen-bond donors (Lipinski definition) is 1. The fourth-order valence-corrected chi connectivity index (χ4v) is 2.39. The first kappa shape index (κ1) is 12.1. The van der Waals surface area contributed by atoms with Gasteiger partial charge >= 0.3 is 0 Å². The predicted octanol–water partition coefficient (Wildman–Crippen LogP) is 2.75. The van der Waals surface area contributed by atoms with Crippen molar-refractivity contribution in [3.8, 4) is 5.75 Å². The Labute approximate surface area is 105 Å². The summed E-state index contributed by atoms with van der Waals surface area (Å²) < 4.78 is 5.30. The second-order valence-corrected chi connectivity index (χ2v) is 5.10. The molecule has 0 radical (unpaired) electrons. The minimum Gasteiger partial charge on any atom is -0.496 e. The molecule has 0 unspecified atom stereocenters. The molecule has 17 heavy (non-hydrogen) atoms. The van der Waals surface area contributed by atoms with Crippen LogP contribution in [0.5, 0.6) is 5.75 Å². The van der Waals surface area contributed by atoms with Crippen LogP contribution in [0.3, 0.4) is 0 Å². The van der Waals surface area contributed by atoms with Crippen LogP contribution in [0.15, 0.2) is 30.5 Å². The van der Waals surface area contributed by atoms with Gasteiger partial charge in [0.25, 0.3) is 0 Å². The zero-order valence-electron chi connectivity index (χ0n) is 10.1. The van der Waals surface area contributed by atoms with Crippen LogP contribution in [-0.2, 0) is 13.1 Å². The van der Waals surface area contributed by atoms with Crippen molar-refractivity contribution in [1.82, 2.24) is 10.3 Å². The van der Waals surface area contributed by atoms with E-state index in [1.165, 1.54) is 10.4 Å². The molecule has 1 aromatic carbocycles. The number of benzene rings is 1. The van der Waals surface area contributed by atoms with Gasteiger partial charge in [0.1, 0.15) is 10.8 Å². The number of rotatable bonds is 5. The Morgan fingerprint density at radius 2 is 2.12 bits per heavy atom. The molecule has 1 heterocycles. The SMILES string of the molecule is COc1ccccc1CNCc1ncc(C)s1. The number of thiazole rings is 1. The van der Waals surface area contributed by atoms with Crippen LogP contribution in [0.1, 0.15) is 15.4 Å². The number of nitrogens with one attached hydrogen (secondary N) is 1. The molecule has 0 aliphatic rings. The molecule has 90 valence electrons. The van der Waals surface area contributed by atoms with Gasteiger partial charge in [0.2, 0.25) is 0 Å². The van der Waals surface area contributed by atoms with Crippen LogP contribution < -0.4 is 10.1 Å². The van der Waals surface area contributed by atoms with E-state index in [-0.39, 0.29) is 0 Å². The van der Waals surface area contributed by atoms with Gasteiger partial charge in [-0.1, -0.05) is 18.2 Å². The van der Waals surface area contributed by atoms with Gasteiger partial charge in [-0.15, -0.1) is 11.3 Å². The minimum atomic E-state index is 0.794. The second-order valence-electron chi connectivity index (χ2n) is 3.78. The largest absolute Gasteiger partial charge is 0.496 e. The van der Waals surface area contributed by atoms with E-state index in [1.54, 1.807) is 18.4 Å². The van der Waals surface area contributed by atoms with Crippen LogP contribution in [0.2, 0.25) is 0 Å². The van der Waals surface area contributed by atoms with Crippen molar-refractivity contribution < 1.29 is 4.74 Å². The zero-order valence-corrected chi connectivity index (χ0v) is 10.9. The fraction of sp³-hybridized carbons (Fsp3) is 0.308. The number of nitrogens with zero attached hydrogens (tertiary/aromatic N) is 1. The van der Waals surface area contributed by atoms with Gasteiger partial charge in [-0.05, 0) is 13.0 Å². The van der Waals surface area contributed by atoms with Gasteiger partial charge in [0.15, 0.2) is 0 Å². The maximum atomic E-state index is 5.30. The molecule has 3 nitrogen and oxygen atoms in total. The fourth-order valence-electron chi connectivity index (χ4n) is 1.64. The predicted molar refractivity (Wildman–Crippen MR) is 70.4 cm³/mol. The van der Waals surface area contributed by atoms with E-state index in [1.807, 2.05) is 24.4 Å². The van der Waals surface area contributed by atoms with Gasteiger partial charge < -0.3 is 10.1 Å². The lowest BCUT2D eigenvalue weighted by molar-refractivity contribution is 0.407. The number of aryl methyl sites for hydroxylation is 1. The molecule has 0 fully saturated rings. The summed E-state index contributed by atoms with van der Waals surface area (Å²) in [6.07, 6.45) is 1.91. The smallest absolute Gasteiger partial charge is 0.123 e. The Morgan fingerprint density at radius 1 is 1.29 bits per heavy atom. The third kappa shape index (κ3) is 3.28. The summed E-state index contributed by atoms with van der Waals surface area (Å²) in [4.78, 5) is 5.56. The highest BCUT2D eigenvalue weighted by Gasteiger charge is 2.02. The van der Waals surface area contributed by atoms with E-state index in [2.05, 4.69) is 23.3 Å². The first-order valence-electron chi connectivity index (χ1n) is 5.53. The molecule has 0 aliphatic heterocycles. The maximum absolute atomic E-state index is 5.30. The number of methoxy groups -OCH3 is 1.